The van der Waals surface area contributed by atoms with E-state index >= 15 is 0 Å². The zero-order chi connectivity index (χ0) is 15.4. The van der Waals surface area contributed by atoms with Gasteiger partial charge in [-0.25, -0.2) is 4.39 Å². The fraction of sp³-hybridized carbons (Fsp3) is 0.267. The molecule has 1 aliphatic rings. The third-order valence-electron chi connectivity index (χ3n) is 3.37. The molecular formula is C15H14FN3O2S. The van der Waals surface area contributed by atoms with Crippen LogP contribution in [0.3, 0.4) is 0 Å². The Morgan fingerprint density at radius 1 is 1.36 bits per heavy atom. The molecule has 1 aromatic carbocycles. The Morgan fingerprint density at radius 3 is 2.86 bits per heavy atom. The molecule has 0 N–H and O–H groups in total. The van der Waals surface area contributed by atoms with Gasteiger partial charge in [0.25, 0.3) is 0 Å². The number of halogens is 1. The van der Waals surface area contributed by atoms with Crippen molar-refractivity contribution in [3.63, 3.8) is 0 Å². The predicted octanol–water partition coefficient (Wildman–Crippen LogP) is 2.41. The maximum absolute atomic E-state index is 14.2. The molecule has 5 nitrogen and oxygen atoms in total. The number of aromatic nitrogens is 2. The van der Waals surface area contributed by atoms with E-state index in [1.54, 1.807) is 23.6 Å². The lowest BCUT2D eigenvalue weighted by atomic mass is 10.1. The second kappa shape index (κ2) is 6.76. The van der Waals surface area contributed by atoms with Crippen molar-refractivity contribution in [1.82, 2.24) is 9.59 Å². The summed E-state index contributed by atoms with van der Waals surface area (Å²) in [6.07, 6.45) is 2.94. The van der Waals surface area contributed by atoms with E-state index in [1.807, 2.05) is 4.90 Å². The summed E-state index contributed by atoms with van der Waals surface area (Å²) in [5, 5.41) is 5.54. The summed E-state index contributed by atoms with van der Waals surface area (Å²) >= 11 is 1.21. The maximum atomic E-state index is 14.2. The molecule has 7 heteroatoms. The quantitative estimate of drug-likeness (QED) is 0.640. The molecule has 0 radical (unpaired) electrons. The van der Waals surface area contributed by atoms with Gasteiger partial charge in [0.2, 0.25) is 0 Å². The minimum atomic E-state index is -0.392. The molecule has 0 spiro atoms. The Morgan fingerprint density at radius 2 is 2.18 bits per heavy atom. The van der Waals surface area contributed by atoms with Gasteiger partial charge in [0, 0.05) is 24.0 Å². The van der Waals surface area contributed by atoms with Gasteiger partial charge in [-0.1, -0.05) is 4.49 Å². The van der Waals surface area contributed by atoms with Crippen molar-refractivity contribution in [1.29, 1.82) is 0 Å². The van der Waals surface area contributed by atoms with Crippen molar-refractivity contribution < 1.29 is 13.9 Å². The molecular weight excluding hydrogens is 305 g/mol. The summed E-state index contributed by atoms with van der Waals surface area (Å²) in [5.74, 6) is -0.656. The molecule has 1 saturated heterocycles. The number of hydrogen-bond acceptors (Lipinski definition) is 6. The summed E-state index contributed by atoms with van der Waals surface area (Å²) in [6, 6.07) is 4.56. The van der Waals surface area contributed by atoms with Crippen LogP contribution in [-0.4, -0.2) is 41.7 Å². The van der Waals surface area contributed by atoms with Crippen LogP contribution in [0.4, 0.5) is 10.1 Å². The summed E-state index contributed by atoms with van der Waals surface area (Å²) in [5.41, 5.74) is 1.44. The highest BCUT2D eigenvalue weighted by molar-refractivity contribution is 7.03. The Hall–Kier alpha value is -2.12. The number of benzene rings is 1. The number of ether oxygens (including phenoxy) is 1. The van der Waals surface area contributed by atoms with Gasteiger partial charge in [-0.3, -0.25) is 4.79 Å². The molecule has 0 atom stereocenters. The van der Waals surface area contributed by atoms with Crippen molar-refractivity contribution in [3.05, 3.63) is 46.7 Å². The van der Waals surface area contributed by atoms with Gasteiger partial charge < -0.3 is 9.64 Å². The number of morpholine rings is 1. The van der Waals surface area contributed by atoms with Crippen LogP contribution < -0.4 is 4.90 Å². The van der Waals surface area contributed by atoms with Crippen LogP contribution in [-0.2, 0) is 4.74 Å². The predicted molar refractivity (Wildman–Crippen MR) is 82.7 cm³/mol. The SMILES string of the molecule is O=C(/C=C\c1csnn1)c1ccc(N2CCOCC2)c(F)c1. The molecule has 114 valence electrons. The lowest BCUT2D eigenvalue weighted by molar-refractivity contribution is 0.104. The van der Waals surface area contributed by atoms with Gasteiger partial charge in [-0.05, 0) is 41.9 Å². The van der Waals surface area contributed by atoms with Crippen LogP contribution in [0.15, 0.2) is 29.7 Å². The normalized spacial score (nSPS) is 15.4. The number of nitrogens with zero attached hydrogens (tertiary/aromatic N) is 3. The molecule has 0 saturated carbocycles. The van der Waals surface area contributed by atoms with Gasteiger partial charge in [-0.15, -0.1) is 5.10 Å². The molecule has 1 aliphatic heterocycles. The van der Waals surface area contributed by atoms with Gasteiger partial charge in [0.1, 0.15) is 5.82 Å². The Labute approximate surface area is 131 Å². The Kier molecular flexibility index (Phi) is 4.55. The van der Waals surface area contributed by atoms with Gasteiger partial charge in [0.05, 0.1) is 24.6 Å². The summed E-state index contributed by atoms with van der Waals surface area (Å²) in [6.45, 7) is 2.48. The van der Waals surface area contributed by atoms with Crippen LogP contribution in [0, 0.1) is 5.82 Å². The third kappa shape index (κ3) is 3.37. The number of ketones is 1. The number of anilines is 1. The fourth-order valence-corrected chi connectivity index (χ4v) is 2.64. The lowest BCUT2D eigenvalue weighted by Gasteiger charge is -2.29. The van der Waals surface area contributed by atoms with Gasteiger partial charge in [0.15, 0.2) is 5.78 Å². The van der Waals surface area contributed by atoms with Crippen LogP contribution in [0.1, 0.15) is 16.1 Å². The smallest absolute Gasteiger partial charge is 0.186 e. The van der Waals surface area contributed by atoms with Gasteiger partial charge in [-0.2, -0.15) is 0 Å². The van der Waals surface area contributed by atoms with Crippen molar-refractivity contribution in [2.24, 2.45) is 0 Å². The molecule has 1 aromatic heterocycles. The molecule has 2 aromatic rings. The van der Waals surface area contributed by atoms with E-state index in [0.717, 1.165) is 0 Å². The van der Waals surface area contributed by atoms with E-state index in [2.05, 4.69) is 9.59 Å². The minimum Gasteiger partial charge on any atom is -0.378 e. The zero-order valence-corrected chi connectivity index (χ0v) is 12.6. The first-order valence-electron chi connectivity index (χ1n) is 6.86. The first kappa shape index (κ1) is 14.8. The summed E-state index contributed by atoms with van der Waals surface area (Å²) in [7, 11) is 0. The molecule has 22 heavy (non-hydrogen) atoms. The van der Waals surface area contributed by atoms with Crippen molar-refractivity contribution >= 4 is 29.1 Å². The first-order valence-corrected chi connectivity index (χ1v) is 7.69. The second-order valence-electron chi connectivity index (χ2n) is 4.79. The average Bonchev–Trinajstić information content (AvgIpc) is 3.07. The van der Waals surface area contributed by atoms with Crippen molar-refractivity contribution in [2.45, 2.75) is 0 Å². The minimum absolute atomic E-state index is 0.263. The molecule has 2 heterocycles. The first-order chi connectivity index (χ1) is 10.7. The molecule has 1 fully saturated rings. The molecule has 0 amide bonds. The standard InChI is InChI=1S/C15H14FN3O2S/c16-13-9-11(15(20)4-2-12-10-22-18-17-12)1-3-14(13)19-5-7-21-8-6-19/h1-4,9-10H,5-8H2/b4-2-. The topological polar surface area (TPSA) is 55.3 Å². The lowest BCUT2D eigenvalue weighted by Crippen LogP contribution is -2.36. The number of hydrogen-bond donors (Lipinski definition) is 0. The molecule has 0 aliphatic carbocycles. The molecule has 0 bridgehead atoms. The number of carbonyl (C=O) groups excluding carboxylic acids is 1. The van der Waals surface area contributed by atoms with Crippen LogP contribution in [0.2, 0.25) is 0 Å². The van der Waals surface area contributed by atoms with Crippen LogP contribution in [0.5, 0.6) is 0 Å². The van der Waals surface area contributed by atoms with Crippen molar-refractivity contribution in [3.8, 4) is 0 Å². The van der Waals surface area contributed by atoms with E-state index in [9.17, 15) is 9.18 Å². The van der Waals surface area contributed by atoms with Crippen molar-refractivity contribution in [2.75, 3.05) is 31.2 Å². The van der Waals surface area contributed by atoms with E-state index < -0.39 is 5.82 Å². The summed E-state index contributed by atoms with van der Waals surface area (Å²) < 4.78 is 23.2. The highest BCUT2D eigenvalue weighted by Gasteiger charge is 2.16. The number of carbonyl (C=O) groups is 1. The summed E-state index contributed by atoms with van der Waals surface area (Å²) in [4.78, 5) is 14.0. The highest BCUT2D eigenvalue weighted by atomic mass is 32.1. The van der Waals surface area contributed by atoms with Gasteiger partial charge >= 0.3 is 0 Å². The number of allylic oxidation sites excluding steroid dienone is 1. The average molecular weight is 319 g/mol. The van der Waals surface area contributed by atoms with E-state index in [0.29, 0.717) is 43.2 Å². The monoisotopic (exact) mass is 319 g/mol. The maximum Gasteiger partial charge on any atom is 0.186 e. The number of rotatable bonds is 4. The highest BCUT2D eigenvalue weighted by Crippen LogP contribution is 2.22. The van der Waals surface area contributed by atoms with Crippen LogP contribution in [0.25, 0.3) is 6.08 Å². The van der Waals surface area contributed by atoms with E-state index in [-0.39, 0.29) is 5.78 Å². The molecule has 0 unspecified atom stereocenters. The second-order valence-corrected chi connectivity index (χ2v) is 5.40. The zero-order valence-electron chi connectivity index (χ0n) is 11.7. The van der Waals surface area contributed by atoms with E-state index in [4.69, 9.17) is 4.74 Å². The largest absolute Gasteiger partial charge is 0.378 e. The third-order valence-corrected chi connectivity index (χ3v) is 3.89. The Balaban J connectivity index is 1.74. The molecule has 3 rings (SSSR count). The fourth-order valence-electron chi connectivity index (χ4n) is 2.22. The Bertz CT molecular complexity index is 682. The van der Waals surface area contributed by atoms with E-state index in [1.165, 1.54) is 23.7 Å². The van der Waals surface area contributed by atoms with Crippen LogP contribution >= 0.6 is 11.5 Å².